The molecule has 1 aliphatic carbocycles. The van der Waals surface area contributed by atoms with Crippen LogP contribution < -0.4 is 5.32 Å². The highest BCUT2D eigenvalue weighted by molar-refractivity contribution is 7.17. The molecule has 3 rings (SSSR count). The molecule has 0 spiro atoms. The number of hydrogen-bond donors (Lipinski definition) is 1. The van der Waals surface area contributed by atoms with E-state index in [9.17, 15) is 14.0 Å². The van der Waals surface area contributed by atoms with Crippen LogP contribution in [0.15, 0.2) is 18.2 Å². The summed E-state index contributed by atoms with van der Waals surface area (Å²) in [6.45, 7) is 1.99. The normalized spacial score (nSPS) is 13.2. The highest BCUT2D eigenvalue weighted by Crippen LogP contribution is 2.38. The number of carbonyl (C=O) groups is 2. The molecule has 0 bridgehead atoms. The van der Waals surface area contributed by atoms with Crippen molar-refractivity contribution < 1.29 is 18.7 Å². The van der Waals surface area contributed by atoms with E-state index in [1.807, 2.05) is 0 Å². The van der Waals surface area contributed by atoms with Gasteiger partial charge in [0, 0.05) is 9.90 Å². The fourth-order valence-electron chi connectivity index (χ4n) is 2.92. The number of thiophene rings is 1. The average Bonchev–Trinajstić information content (AvgIpc) is 2.92. The van der Waals surface area contributed by atoms with Gasteiger partial charge in [0.05, 0.1) is 17.7 Å². The molecule has 1 N–H and O–H groups in total. The Balaban J connectivity index is 1.95. The minimum Gasteiger partial charge on any atom is -0.462 e. The van der Waals surface area contributed by atoms with E-state index in [0.29, 0.717) is 10.6 Å². The van der Waals surface area contributed by atoms with E-state index in [1.54, 1.807) is 6.92 Å². The molecule has 1 aliphatic rings. The smallest absolute Gasteiger partial charge is 0.341 e. The highest BCUT2D eigenvalue weighted by atomic mass is 35.5. The first kappa shape index (κ1) is 17.9. The molecular formula is C18H17ClFNO3S. The van der Waals surface area contributed by atoms with Crippen molar-refractivity contribution in [2.75, 3.05) is 11.9 Å². The summed E-state index contributed by atoms with van der Waals surface area (Å²) in [7, 11) is 0. The van der Waals surface area contributed by atoms with Gasteiger partial charge in [0.25, 0.3) is 5.91 Å². The van der Waals surface area contributed by atoms with E-state index in [1.165, 1.54) is 23.5 Å². The summed E-state index contributed by atoms with van der Waals surface area (Å²) in [4.78, 5) is 25.9. The van der Waals surface area contributed by atoms with Gasteiger partial charge in [0.2, 0.25) is 0 Å². The molecule has 1 heterocycles. The molecule has 0 fully saturated rings. The van der Waals surface area contributed by atoms with Crippen molar-refractivity contribution in [1.82, 2.24) is 0 Å². The van der Waals surface area contributed by atoms with Gasteiger partial charge >= 0.3 is 5.97 Å². The van der Waals surface area contributed by atoms with Crippen LogP contribution in [0.5, 0.6) is 0 Å². The van der Waals surface area contributed by atoms with Crippen molar-refractivity contribution in [2.24, 2.45) is 0 Å². The zero-order valence-corrected chi connectivity index (χ0v) is 15.2. The summed E-state index contributed by atoms with van der Waals surface area (Å²) in [5, 5.41) is 3.32. The second kappa shape index (κ2) is 7.54. The number of hydrogen-bond acceptors (Lipinski definition) is 4. The third-order valence-electron chi connectivity index (χ3n) is 4.05. The molecule has 0 aliphatic heterocycles. The Bertz CT molecular complexity index is 834. The van der Waals surface area contributed by atoms with E-state index in [-0.39, 0.29) is 17.2 Å². The van der Waals surface area contributed by atoms with Crippen LogP contribution in [0.1, 0.15) is 50.9 Å². The third-order valence-corrected chi connectivity index (χ3v) is 5.50. The molecule has 7 heteroatoms. The van der Waals surface area contributed by atoms with Gasteiger partial charge in [-0.2, -0.15) is 0 Å². The Morgan fingerprint density at radius 3 is 2.80 bits per heavy atom. The Labute approximate surface area is 153 Å². The van der Waals surface area contributed by atoms with Gasteiger partial charge < -0.3 is 10.1 Å². The first-order valence-electron chi connectivity index (χ1n) is 8.09. The number of rotatable bonds is 4. The fraction of sp³-hybridized carbons (Fsp3) is 0.333. The molecule has 0 saturated heterocycles. The van der Waals surface area contributed by atoms with Gasteiger partial charge in [-0.3, -0.25) is 4.79 Å². The Morgan fingerprint density at radius 1 is 1.32 bits per heavy atom. The van der Waals surface area contributed by atoms with Crippen molar-refractivity contribution in [3.05, 3.63) is 50.6 Å². The molecule has 1 amide bonds. The molecule has 25 heavy (non-hydrogen) atoms. The van der Waals surface area contributed by atoms with Crippen LogP contribution in [-0.4, -0.2) is 18.5 Å². The topological polar surface area (TPSA) is 55.4 Å². The van der Waals surface area contributed by atoms with Crippen molar-refractivity contribution in [1.29, 1.82) is 0 Å². The van der Waals surface area contributed by atoms with Crippen LogP contribution in [0.25, 0.3) is 0 Å². The number of halogens is 2. The van der Waals surface area contributed by atoms with Crippen molar-refractivity contribution in [2.45, 2.75) is 32.6 Å². The molecule has 2 aromatic rings. The molecule has 132 valence electrons. The van der Waals surface area contributed by atoms with Crippen LogP contribution in [0.3, 0.4) is 0 Å². The molecule has 0 atom stereocenters. The number of ether oxygens (including phenoxy) is 1. The highest BCUT2D eigenvalue weighted by Gasteiger charge is 2.27. The van der Waals surface area contributed by atoms with E-state index in [2.05, 4.69) is 5.32 Å². The monoisotopic (exact) mass is 381 g/mol. The summed E-state index contributed by atoms with van der Waals surface area (Å²) in [5.41, 5.74) is 1.23. The number of anilines is 1. The lowest BCUT2D eigenvalue weighted by atomic mass is 9.95. The minimum absolute atomic E-state index is 0.120. The molecule has 1 aromatic heterocycles. The first-order valence-corrected chi connectivity index (χ1v) is 9.28. The van der Waals surface area contributed by atoms with E-state index in [0.717, 1.165) is 42.2 Å². The van der Waals surface area contributed by atoms with Crippen LogP contribution in [0.4, 0.5) is 9.39 Å². The standard InChI is InChI=1S/C18H17ClFNO3S/c1-2-24-18(23)15-12-5-3-4-6-14(12)25-17(15)21-16(22)11-8-7-10(19)9-13(11)20/h7-9H,2-6H2,1H3,(H,21,22). The number of amides is 1. The summed E-state index contributed by atoms with van der Waals surface area (Å²) in [5.74, 6) is -1.77. The lowest BCUT2D eigenvalue weighted by Gasteiger charge is -2.12. The van der Waals surface area contributed by atoms with Gasteiger partial charge in [0.15, 0.2) is 0 Å². The predicted octanol–water partition coefficient (Wildman–Crippen LogP) is 4.85. The zero-order valence-electron chi connectivity index (χ0n) is 13.7. The largest absolute Gasteiger partial charge is 0.462 e. The van der Waals surface area contributed by atoms with E-state index >= 15 is 0 Å². The molecular weight excluding hydrogens is 365 g/mol. The van der Waals surface area contributed by atoms with Crippen molar-refractivity contribution in [3.8, 4) is 0 Å². The fourth-order valence-corrected chi connectivity index (χ4v) is 4.35. The molecule has 0 saturated carbocycles. The molecule has 0 radical (unpaired) electrons. The number of nitrogens with one attached hydrogen (secondary N) is 1. The molecule has 1 aromatic carbocycles. The van der Waals surface area contributed by atoms with Gasteiger partial charge in [-0.25, -0.2) is 9.18 Å². The average molecular weight is 382 g/mol. The van der Waals surface area contributed by atoms with Gasteiger partial charge in [-0.15, -0.1) is 11.3 Å². The third kappa shape index (κ3) is 3.70. The maximum absolute atomic E-state index is 14.0. The summed E-state index contributed by atoms with van der Waals surface area (Å²) in [6, 6.07) is 3.86. The Hall–Kier alpha value is -1.92. The number of benzene rings is 1. The minimum atomic E-state index is -0.705. The first-order chi connectivity index (χ1) is 12.0. The maximum Gasteiger partial charge on any atom is 0.341 e. The maximum atomic E-state index is 14.0. The van der Waals surface area contributed by atoms with Crippen molar-refractivity contribution >= 4 is 39.8 Å². The predicted molar refractivity (Wildman–Crippen MR) is 96.3 cm³/mol. The Kier molecular flexibility index (Phi) is 5.39. The van der Waals surface area contributed by atoms with Crippen molar-refractivity contribution in [3.63, 3.8) is 0 Å². The summed E-state index contributed by atoms with van der Waals surface area (Å²) in [6.07, 6.45) is 3.70. The van der Waals surface area contributed by atoms with Gasteiger partial charge in [-0.05, 0) is 56.4 Å². The second-order valence-electron chi connectivity index (χ2n) is 5.71. The number of aryl methyl sites for hydroxylation is 1. The van der Waals surface area contributed by atoms with Gasteiger partial charge in [0.1, 0.15) is 10.8 Å². The lowest BCUT2D eigenvalue weighted by Crippen LogP contribution is -2.16. The van der Waals surface area contributed by atoms with Crippen LogP contribution >= 0.6 is 22.9 Å². The zero-order chi connectivity index (χ0) is 18.0. The van der Waals surface area contributed by atoms with Gasteiger partial charge in [-0.1, -0.05) is 11.6 Å². The van der Waals surface area contributed by atoms with Crippen LogP contribution in [-0.2, 0) is 17.6 Å². The van der Waals surface area contributed by atoms with E-state index < -0.39 is 17.7 Å². The number of carbonyl (C=O) groups excluding carboxylic acids is 2. The summed E-state index contributed by atoms with van der Waals surface area (Å²) >= 11 is 7.09. The Morgan fingerprint density at radius 2 is 2.08 bits per heavy atom. The SMILES string of the molecule is CCOC(=O)c1c(NC(=O)c2ccc(Cl)cc2F)sc2c1CCCC2. The van der Waals surface area contributed by atoms with Crippen LogP contribution in [0, 0.1) is 5.82 Å². The van der Waals surface area contributed by atoms with E-state index in [4.69, 9.17) is 16.3 Å². The molecule has 4 nitrogen and oxygen atoms in total. The second-order valence-corrected chi connectivity index (χ2v) is 7.26. The van der Waals surface area contributed by atoms with Crippen LogP contribution in [0.2, 0.25) is 5.02 Å². The quantitative estimate of drug-likeness (QED) is 0.770. The lowest BCUT2D eigenvalue weighted by molar-refractivity contribution is 0.0526. The summed E-state index contributed by atoms with van der Waals surface area (Å²) < 4.78 is 19.1. The number of esters is 1. The number of fused-ring (bicyclic) bond motifs is 1. The molecule has 0 unspecified atom stereocenters.